The van der Waals surface area contributed by atoms with Crippen molar-refractivity contribution in [1.82, 2.24) is 14.7 Å². The van der Waals surface area contributed by atoms with Crippen LogP contribution in [0.25, 0.3) is 0 Å². The van der Waals surface area contributed by atoms with Crippen molar-refractivity contribution in [2.45, 2.75) is 41.5 Å². The van der Waals surface area contributed by atoms with E-state index in [1.807, 2.05) is 0 Å². The van der Waals surface area contributed by atoms with E-state index in [0.29, 0.717) is 19.6 Å². The van der Waals surface area contributed by atoms with Crippen LogP contribution in [0.4, 0.5) is 0 Å². The summed E-state index contributed by atoms with van der Waals surface area (Å²) < 4.78 is 0. The molecule has 0 spiro atoms. The van der Waals surface area contributed by atoms with Crippen LogP contribution in [0.1, 0.15) is 41.5 Å². The molecule has 0 atom stereocenters. The fourth-order valence-electron chi connectivity index (χ4n) is 2.01. The molecule has 0 aliphatic rings. The van der Waals surface area contributed by atoms with E-state index < -0.39 is 0 Å². The van der Waals surface area contributed by atoms with Gasteiger partial charge in [-0.25, -0.2) is 0 Å². The Hall–Kier alpha value is 0.864. The van der Waals surface area contributed by atoms with Gasteiger partial charge in [-0.2, -0.15) is 0 Å². The molecule has 0 N–H and O–H groups in total. The van der Waals surface area contributed by atoms with Crippen molar-refractivity contribution >= 4 is 0 Å². The van der Waals surface area contributed by atoms with Crippen molar-refractivity contribution < 1.29 is 48.0 Å². The van der Waals surface area contributed by atoms with Gasteiger partial charge in [-0.3, -0.25) is 0 Å². The number of nitrogens with zero attached hydrogens (tertiary/aromatic N) is 3. The van der Waals surface area contributed by atoms with Gasteiger partial charge in [-0.05, 0) is 58.9 Å². The largest absolute Gasteiger partial charge is 3.00 e. The van der Waals surface area contributed by atoms with Crippen LogP contribution in [0.3, 0.4) is 0 Å². The van der Waals surface area contributed by atoms with Gasteiger partial charge < -0.3 is 30.0 Å². The van der Waals surface area contributed by atoms with Gasteiger partial charge >= 0.3 is 32.7 Å². The summed E-state index contributed by atoms with van der Waals surface area (Å²) in [5, 5.41) is 30.0. The van der Waals surface area contributed by atoms with Crippen LogP contribution in [0, 0.1) is 0 Å². The number of hydrogen-bond donors (Lipinski definition) is 0. The molecule has 0 fully saturated rings. The van der Waals surface area contributed by atoms with E-state index in [4.69, 9.17) is 0 Å². The van der Waals surface area contributed by atoms with Crippen molar-refractivity contribution in [3.63, 3.8) is 0 Å². The minimum atomic E-state index is 0. The van der Waals surface area contributed by atoms with E-state index in [9.17, 15) is 15.3 Å². The third-order valence-electron chi connectivity index (χ3n) is 3.91. The molecule has 0 aliphatic heterocycles. The molecule has 6 nitrogen and oxygen atoms in total. The average Bonchev–Trinajstić information content (AvgIpc) is 2.63. The van der Waals surface area contributed by atoms with Crippen molar-refractivity contribution in [2.75, 3.05) is 78.7 Å². The Labute approximate surface area is 182 Å². The van der Waals surface area contributed by atoms with Crippen LogP contribution in [-0.2, 0) is 32.7 Å². The molecular weight excluding hydrogens is 395 g/mol. The summed E-state index contributed by atoms with van der Waals surface area (Å²) in [5.41, 5.74) is 0. The molecule has 0 heterocycles. The predicted octanol–water partition coefficient (Wildman–Crippen LogP) is -0.937. The zero-order valence-corrected chi connectivity index (χ0v) is 20.5. The second-order valence-electron chi connectivity index (χ2n) is 5.19. The molecule has 0 bridgehead atoms. The summed E-state index contributed by atoms with van der Waals surface area (Å²) in [7, 11) is 0. The maximum absolute atomic E-state index is 10.0. The summed E-state index contributed by atoms with van der Waals surface area (Å²) in [4.78, 5) is 6.35. The van der Waals surface area contributed by atoms with Gasteiger partial charge in [-0.1, -0.05) is 41.5 Å². The van der Waals surface area contributed by atoms with E-state index >= 15 is 0 Å². The maximum atomic E-state index is 10.0. The Morgan fingerprint density at radius 1 is 0.440 bits per heavy atom. The summed E-state index contributed by atoms with van der Waals surface area (Å²) in [6, 6.07) is 0. The van der Waals surface area contributed by atoms with Crippen molar-refractivity contribution in [2.24, 2.45) is 0 Å². The quantitative estimate of drug-likeness (QED) is 0.392. The standard InChI is InChI=1S/3C6H14NO.Y/c3*1-3-7(4-2)5-6-8;/h3*3-6H2,1-2H3;/q3*-1;+3. The second-order valence-corrected chi connectivity index (χ2v) is 5.19. The molecule has 0 unspecified atom stereocenters. The first-order valence-corrected chi connectivity index (χ1v) is 9.45. The Morgan fingerprint density at radius 3 is 0.640 bits per heavy atom. The molecule has 0 radical (unpaired) electrons. The maximum Gasteiger partial charge on any atom is 3.00 e. The fourth-order valence-corrected chi connectivity index (χ4v) is 2.01. The van der Waals surface area contributed by atoms with E-state index in [2.05, 4.69) is 56.2 Å². The van der Waals surface area contributed by atoms with Gasteiger partial charge in [0, 0.05) is 0 Å². The first-order chi connectivity index (χ1) is 11.5. The first-order valence-electron chi connectivity index (χ1n) is 9.45. The zero-order valence-electron chi connectivity index (χ0n) is 17.6. The van der Waals surface area contributed by atoms with Crippen molar-refractivity contribution in [3.8, 4) is 0 Å². The normalized spacial score (nSPS) is 10.1. The summed E-state index contributed by atoms with van der Waals surface area (Å²) >= 11 is 0. The smallest absolute Gasteiger partial charge is 0.854 e. The van der Waals surface area contributed by atoms with E-state index in [1.54, 1.807) is 0 Å². The van der Waals surface area contributed by atoms with Crippen molar-refractivity contribution in [1.29, 1.82) is 0 Å². The number of rotatable bonds is 12. The molecule has 0 saturated carbocycles. The van der Waals surface area contributed by atoms with Gasteiger partial charge in [-0.15, -0.1) is 19.8 Å². The average molecular weight is 437 g/mol. The van der Waals surface area contributed by atoms with Crippen LogP contribution in [-0.4, -0.2) is 93.4 Å². The van der Waals surface area contributed by atoms with E-state index in [-0.39, 0.29) is 52.5 Å². The Bertz CT molecular complexity index is 171. The van der Waals surface area contributed by atoms with Crippen LogP contribution < -0.4 is 15.3 Å². The molecular formula is C18H42N3O3Y. The molecule has 0 rings (SSSR count). The molecule has 0 aliphatic carbocycles. The number of likely N-dealkylation sites (N-methyl/N-ethyl adjacent to an activating group) is 3. The Kier molecular flexibility index (Phi) is 39.6. The molecule has 25 heavy (non-hydrogen) atoms. The van der Waals surface area contributed by atoms with Gasteiger partial charge in [0.15, 0.2) is 0 Å². The van der Waals surface area contributed by atoms with Crippen LogP contribution >= 0.6 is 0 Å². The molecule has 0 aromatic carbocycles. The summed E-state index contributed by atoms with van der Waals surface area (Å²) in [5.74, 6) is 0. The van der Waals surface area contributed by atoms with E-state index in [0.717, 1.165) is 39.3 Å². The number of hydrogen-bond acceptors (Lipinski definition) is 6. The minimum absolute atomic E-state index is 0. The molecule has 0 amide bonds. The molecule has 150 valence electrons. The van der Waals surface area contributed by atoms with Crippen LogP contribution in [0.5, 0.6) is 0 Å². The van der Waals surface area contributed by atoms with Gasteiger partial charge in [0.2, 0.25) is 0 Å². The topological polar surface area (TPSA) is 78.9 Å². The summed E-state index contributed by atoms with van der Waals surface area (Å²) in [6.45, 7) is 20.6. The predicted molar refractivity (Wildman–Crippen MR) is 98.0 cm³/mol. The van der Waals surface area contributed by atoms with E-state index in [1.165, 1.54) is 0 Å². The molecule has 0 aromatic heterocycles. The minimum Gasteiger partial charge on any atom is -0.854 e. The third kappa shape index (κ3) is 27.2. The molecule has 0 aromatic rings. The first kappa shape index (κ1) is 33.4. The SMILES string of the molecule is CCN(CC)CC[O-].CCN(CC)CC[O-].CCN(CC)CC[O-].[Y+3]. The summed E-state index contributed by atoms with van der Waals surface area (Å²) in [6.07, 6.45) is 0. The monoisotopic (exact) mass is 437 g/mol. The van der Waals surface area contributed by atoms with Gasteiger partial charge in [0.25, 0.3) is 0 Å². The molecule has 7 heteroatoms. The van der Waals surface area contributed by atoms with Gasteiger partial charge in [0.1, 0.15) is 0 Å². The van der Waals surface area contributed by atoms with Gasteiger partial charge in [0.05, 0.1) is 0 Å². The third-order valence-corrected chi connectivity index (χ3v) is 3.91. The second kappa shape index (κ2) is 29.6. The fraction of sp³-hybridized carbons (Fsp3) is 1.00. The van der Waals surface area contributed by atoms with Crippen molar-refractivity contribution in [3.05, 3.63) is 0 Å². The Balaban J connectivity index is -0.000000130. The van der Waals surface area contributed by atoms with Crippen LogP contribution in [0.2, 0.25) is 0 Å². The van der Waals surface area contributed by atoms with Crippen LogP contribution in [0.15, 0.2) is 0 Å². The molecule has 0 saturated heterocycles. The Morgan fingerprint density at radius 2 is 0.600 bits per heavy atom. The zero-order chi connectivity index (χ0) is 19.2.